The highest BCUT2D eigenvalue weighted by molar-refractivity contribution is 5.62. The van der Waals surface area contributed by atoms with Gasteiger partial charge in [0.1, 0.15) is 5.75 Å². The summed E-state index contributed by atoms with van der Waals surface area (Å²) < 4.78 is 9.99. The third-order valence-corrected chi connectivity index (χ3v) is 1.87. The van der Waals surface area contributed by atoms with Gasteiger partial charge in [-0.05, 0) is 17.7 Å². The van der Waals surface area contributed by atoms with Crippen molar-refractivity contribution in [2.24, 2.45) is 0 Å². The fraction of sp³-hybridized carbons (Fsp3) is 0.0909. The third-order valence-electron chi connectivity index (χ3n) is 1.87. The lowest BCUT2D eigenvalue weighted by molar-refractivity contribution is 0.415. The second kappa shape index (κ2) is 3.35. The van der Waals surface area contributed by atoms with Crippen LogP contribution in [0.15, 0.2) is 41.2 Å². The average molecular weight is 173 g/mol. The first kappa shape index (κ1) is 7.92. The largest absolute Gasteiger partial charge is 0.497 e. The lowest BCUT2D eigenvalue weighted by atomic mass is 10.1. The molecule has 0 atom stereocenters. The van der Waals surface area contributed by atoms with E-state index in [1.165, 1.54) is 0 Å². The van der Waals surface area contributed by atoms with Crippen molar-refractivity contribution in [1.29, 1.82) is 0 Å². The summed E-state index contributed by atoms with van der Waals surface area (Å²) in [7, 11) is 1.65. The molecule has 0 N–H and O–H groups in total. The van der Waals surface area contributed by atoms with Crippen molar-refractivity contribution in [2.45, 2.75) is 0 Å². The van der Waals surface area contributed by atoms with E-state index in [1.807, 2.05) is 24.3 Å². The van der Waals surface area contributed by atoms with Gasteiger partial charge in [0.05, 0.1) is 19.6 Å². The predicted octanol–water partition coefficient (Wildman–Crippen LogP) is 2.76. The Hall–Kier alpha value is -1.70. The van der Waals surface area contributed by atoms with Crippen molar-refractivity contribution >= 4 is 0 Å². The Morgan fingerprint density at radius 2 is 2.00 bits per heavy atom. The molecule has 2 nitrogen and oxygen atoms in total. The summed E-state index contributed by atoms with van der Waals surface area (Å²) in [5.74, 6) is 0.854. The number of ether oxygens (including phenoxy) is 1. The van der Waals surface area contributed by atoms with E-state index < -0.39 is 0 Å². The minimum atomic E-state index is 0.854. The number of furan rings is 1. The van der Waals surface area contributed by atoms with E-state index in [0.717, 1.165) is 16.9 Å². The van der Waals surface area contributed by atoms with Crippen molar-refractivity contribution in [3.05, 3.63) is 42.9 Å². The molecule has 0 spiro atoms. The summed E-state index contributed by atoms with van der Waals surface area (Å²) in [5, 5.41) is 0. The van der Waals surface area contributed by atoms with E-state index in [-0.39, 0.29) is 0 Å². The van der Waals surface area contributed by atoms with Crippen LogP contribution in [0.25, 0.3) is 11.1 Å². The second-order valence-corrected chi connectivity index (χ2v) is 2.66. The normalized spacial score (nSPS) is 9.92. The highest BCUT2D eigenvalue weighted by Gasteiger charge is 1.98. The Morgan fingerprint density at radius 1 is 1.23 bits per heavy atom. The minimum absolute atomic E-state index is 0.854. The summed E-state index contributed by atoms with van der Waals surface area (Å²) in [6.07, 6.45) is 3.21. The van der Waals surface area contributed by atoms with E-state index in [2.05, 4.69) is 6.07 Å². The highest BCUT2D eigenvalue weighted by atomic mass is 16.5. The molecule has 65 valence electrons. The maximum absolute atomic E-state index is 5.05. The minimum Gasteiger partial charge on any atom is -0.497 e. The van der Waals surface area contributed by atoms with Gasteiger partial charge in [0.25, 0.3) is 0 Å². The molecule has 2 aromatic rings. The average Bonchev–Trinajstić information content (AvgIpc) is 2.71. The van der Waals surface area contributed by atoms with E-state index in [4.69, 9.17) is 9.15 Å². The van der Waals surface area contributed by atoms with Crippen molar-refractivity contribution < 1.29 is 9.15 Å². The molecule has 1 aromatic carbocycles. The number of methoxy groups -OCH3 is 1. The molecule has 0 saturated carbocycles. The zero-order valence-electron chi connectivity index (χ0n) is 7.28. The Balaban J connectivity index is 2.33. The molecular formula is C11H9O2. The molecule has 2 heteroatoms. The smallest absolute Gasteiger partial charge is 0.118 e. The molecule has 2 rings (SSSR count). The number of hydrogen-bond acceptors (Lipinski definition) is 2. The van der Waals surface area contributed by atoms with E-state index in [9.17, 15) is 0 Å². The topological polar surface area (TPSA) is 22.4 Å². The lowest BCUT2D eigenvalue weighted by Gasteiger charge is -1.99. The Kier molecular flexibility index (Phi) is 2.04. The van der Waals surface area contributed by atoms with Crippen LogP contribution in [0.2, 0.25) is 0 Å². The molecule has 0 unspecified atom stereocenters. The quantitative estimate of drug-likeness (QED) is 0.696. The van der Waals surface area contributed by atoms with Gasteiger partial charge in [-0.3, -0.25) is 0 Å². The van der Waals surface area contributed by atoms with Crippen LogP contribution >= 0.6 is 0 Å². The van der Waals surface area contributed by atoms with Crippen LogP contribution in [0.5, 0.6) is 5.75 Å². The number of hydrogen-bond donors (Lipinski definition) is 0. The van der Waals surface area contributed by atoms with Crippen LogP contribution in [0.4, 0.5) is 0 Å². The van der Waals surface area contributed by atoms with Gasteiger partial charge in [-0.25, -0.2) is 0 Å². The van der Waals surface area contributed by atoms with Gasteiger partial charge in [0.15, 0.2) is 0 Å². The van der Waals surface area contributed by atoms with Crippen molar-refractivity contribution in [2.75, 3.05) is 7.11 Å². The van der Waals surface area contributed by atoms with Crippen LogP contribution in [0, 0.1) is 6.07 Å². The van der Waals surface area contributed by atoms with Crippen LogP contribution in [0.1, 0.15) is 0 Å². The number of benzene rings is 1. The maximum Gasteiger partial charge on any atom is 0.118 e. The fourth-order valence-electron chi connectivity index (χ4n) is 1.16. The highest BCUT2D eigenvalue weighted by Crippen LogP contribution is 2.21. The molecule has 0 fully saturated rings. The molecule has 1 heterocycles. The molecule has 1 radical (unpaired) electrons. The van der Waals surface area contributed by atoms with Crippen LogP contribution in [0.3, 0.4) is 0 Å². The zero-order valence-corrected chi connectivity index (χ0v) is 7.28. The fourth-order valence-corrected chi connectivity index (χ4v) is 1.16. The Labute approximate surface area is 76.8 Å². The van der Waals surface area contributed by atoms with Gasteiger partial charge in [-0.15, -0.1) is 0 Å². The first-order valence-electron chi connectivity index (χ1n) is 3.98. The van der Waals surface area contributed by atoms with Gasteiger partial charge in [-0.1, -0.05) is 12.1 Å². The first-order chi connectivity index (χ1) is 6.40. The van der Waals surface area contributed by atoms with Crippen LogP contribution in [-0.2, 0) is 0 Å². The van der Waals surface area contributed by atoms with Gasteiger partial charge in [-0.2, -0.15) is 0 Å². The molecule has 0 aliphatic carbocycles. The summed E-state index contributed by atoms with van der Waals surface area (Å²) in [6.45, 7) is 0. The molecule has 0 saturated heterocycles. The second-order valence-electron chi connectivity index (χ2n) is 2.66. The van der Waals surface area contributed by atoms with Gasteiger partial charge >= 0.3 is 0 Å². The number of rotatable bonds is 2. The SMILES string of the molecule is COc1ccc(-c2[c]coc2)cc1. The summed E-state index contributed by atoms with van der Waals surface area (Å²) in [6, 6.07) is 10.8. The van der Waals surface area contributed by atoms with Crippen LogP contribution < -0.4 is 4.74 Å². The molecule has 0 bridgehead atoms. The lowest BCUT2D eigenvalue weighted by Crippen LogP contribution is -1.81. The predicted molar refractivity (Wildman–Crippen MR) is 49.5 cm³/mol. The Bertz CT molecular complexity index is 359. The summed E-state index contributed by atoms with van der Waals surface area (Å²) >= 11 is 0. The molecule has 1 aromatic heterocycles. The first-order valence-corrected chi connectivity index (χ1v) is 3.98. The van der Waals surface area contributed by atoms with E-state index in [0.29, 0.717) is 0 Å². The zero-order chi connectivity index (χ0) is 9.10. The van der Waals surface area contributed by atoms with Gasteiger partial charge in [0.2, 0.25) is 0 Å². The third kappa shape index (κ3) is 1.56. The standard InChI is InChI=1S/C11H9O2/c1-12-11-4-2-9(3-5-11)10-6-7-13-8-10/h2-5,7-8H,1H3. The Morgan fingerprint density at radius 3 is 2.54 bits per heavy atom. The maximum atomic E-state index is 5.05. The molecule has 0 amide bonds. The van der Waals surface area contributed by atoms with Crippen molar-refractivity contribution in [3.8, 4) is 16.9 Å². The molecule has 13 heavy (non-hydrogen) atoms. The van der Waals surface area contributed by atoms with Crippen molar-refractivity contribution in [3.63, 3.8) is 0 Å². The monoisotopic (exact) mass is 173 g/mol. The molecular weight excluding hydrogens is 164 g/mol. The van der Waals surface area contributed by atoms with Gasteiger partial charge < -0.3 is 9.15 Å². The summed E-state index contributed by atoms with van der Waals surface area (Å²) in [5.41, 5.74) is 2.04. The summed E-state index contributed by atoms with van der Waals surface area (Å²) in [4.78, 5) is 0. The van der Waals surface area contributed by atoms with Gasteiger partial charge in [0, 0.05) is 11.6 Å². The molecule has 0 aliphatic heterocycles. The van der Waals surface area contributed by atoms with Crippen LogP contribution in [-0.4, -0.2) is 7.11 Å². The van der Waals surface area contributed by atoms with E-state index in [1.54, 1.807) is 19.6 Å². The van der Waals surface area contributed by atoms with Crippen molar-refractivity contribution in [1.82, 2.24) is 0 Å². The molecule has 0 aliphatic rings. The van der Waals surface area contributed by atoms with E-state index >= 15 is 0 Å².